The van der Waals surface area contributed by atoms with E-state index in [1.54, 1.807) is 0 Å². The van der Waals surface area contributed by atoms with E-state index in [0.29, 0.717) is 5.78 Å². The minimum Gasteiger partial charge on any atom is -0.311 e. The zero-order valence-electron chi connectivity index (χ0n) is 13.1. The quantitative estimate of drug-likeness (QED) is 0.771. The zero-order valence-corrected chi connectivity index (χ0v) is 13.1. The molecule has 0 aromatic carbocycles. The number of hydrogen-bond acceptors (Lipinski definition) is 2. The second-order valence-electron chi connectivity index (χ2n) is 5.48. The molecule has 0 saturated heterocycles. The lowest BCUT2D eigenvalue weighted by Crippen LogP contribution is -2.37. The van der Waals surface area contributed by atoms with Crippen LogP contribution < -0.4 is 5.32 Å². The van der Waals surface area contributed by atoms with Crippen LogP contribution in [0, 0.1) is 11.8 Å². The van der Waals surface area contributed by atoms with Crippen LogP contribution in [0.1, 0.15) is 72.6 Å². The second-order valence-corrected chi connectivity index (χ2v) is 5.48. The highest BCUT2D eigenvalue weighted by molar-refractivity contribution is 5.85. The Kier molecular flexibility index (Phi) is 10.3. The molecule has 108 valence electrons. The molecule has 0 heterocycles. The van der Waals surface area contributed by atoms with Gasteiger partial charge in [0.15, 0.2) is 5.78 Å². The van der Waals surface area contributed by atoms with E-state index >= 15 is 0 Å². The van der Waals surface area contributed by atoms with Gasteiger partial charge in [0, 0.05) is 5.92 Å². The lowest BCUT2D eigenvalue weighted by Gasteiger charge is -2.24. The number of nitrogens with one attached hydrogen (secondary N) is 1. The molecular weight excluding hydrogens is 222 g/mol. The van der Waals surface area contributed by atoms with Crippen LogP contribution in [0.15, 0.2) is 0 Å². The number of ketones is 1. The second kappa shape index (κ2) is 10.5. The molecule has 2 heteroatoms. The Morgan fingerprint density at radius 2 is 1.72 bits per heavy atom. The molecule has 2 nitrogen and oxygen atoms in total. The first-order valence-corrected chi connectivity index (χ1v) is 7.86. The minimum atomic E-state index is 0.0851. The first-order valence-electron chi connectivity index (χ1n) is 7.86. The summed E-state index contributed by atoms with van der Waals surface area (Å²) in [6.07, 6.45) is 9.22. The van der Waals surface area contributed by atoms with E-state index in [1.165, 1.54) is 38.5 Å². The number of likely N-dealkylation sites (N-methyl/N-ethyl adjacent to an activating group) is 1. The third-order valence-electron chi connectivity index (χ3n) is 3.85. The highest BCUT2D eigenvalue weighted by Crippen LogP contribution is 2.27. The molecule has 1 unspecified atom stereocenters. The van der Waals surface area contributed by atoms with Crippen molar-refractivity contribution in [3.05, 3.63) is 0 Å². The van der Waals surface area contributed by atoms with Crippen molar-refractivity contribution in [1.29, 1.82) is 0 Å². The monoisotopic (exact) mass is 255 g/mol. The van der Waals surface area contributed by atoms with E-state index in [0.717, 1.165) is 12.3 Å². The van der Waals surface area contributed by atoms with Gasteiger partial charge < -0.3 is 5.32 Å². The molecule has 0 aliphatic heterocycles. The molecule has 1 N–H and O–H groups in total. The Morgan fingerprint density at radius 1 is 1.17 bits per heavy atom. The summed E-state index contributed by atoms with van der Waals surface area (Å²) in [5, 5.41) is 3.17. The lowest BCUT2D eigenvalue weighted by atomic mass is 9.84. The molecule has 0 aromatic rings. The van der Waals surface area contributed by atoms with E-state index in [9.17, 15) is 4.79 Å². The Morgan fingerprint density at radius 3 is 2.17 bits per heavy atom. The number of Topliss-reactive ketones (excluding diaryl/α,β-unsaturated/α-hetero) is 1. The highest BCUT2D eigenvalue weighted by atomic mass is 16.1. The van der Waals surface area contributed by atoms with Crippen LogP contribution in [-0.4, -0.2) is 18.9 Å². The van der Waals surface area contributed by atoms with Crippen molar-refractivity contribution in [3.8, 4) is 0 Å². The van der Waals surface area contributed by atoms with E-state index in [2.05, 4.69) is 5.32 Å². The largest absolute Gasteiger partial charge is 0.311 e. The molecule has 18 heavy (non-hydrogen) atoms. The lowest BCUT2D eigenvalue weighted by molar-refractivity contribution is -0.124. The van der Waals surface area contributed by atoms with Gasteiger partial charge in [-0.2, -0.15) is 0 Å². The molecule has 0 radical (unpaired) electrons. The van der Waals surface area contributed by atoms with Gasteiger partial charge in [0.1, 0.15) is 0 Å². The van der Waals surface area contributed by atoms with Gasteiger partial charge in [0.2, 0.25) is 0 Å². The topological polar surface area (TPSA) is 29.1 Å². The van der Waals surface area contributed by atoms with Crippen molar-refractivity contribution < 1.29 is 4.79 Å². The normalized spacial score (nSPS) is 18.1. The molecule has 0 aromatic heterocycles. The predicted octanol–water partition coefficient (Wildman–Crippen LogP) is 4.19. The predicted molar refractivity (Wildman–Crippen MR) is 79.8 cm³/mol. The summed E-state index contributed by atoms with van der Waals surface area (Å²) in [7, 11) is 1.91. The summed E-state index contributed by atoms with van der Waals surface area (Å²) in [5.74, 6) is 1.41. The average molecular weight is 255 g/mol. The van der Waals surface area contributed by atoms with Gasteiger partial charge >= 0.3 is 0 Å². The average Bonchev–Trinajstić information content (AvgIpc) is 2.42. The smallest absolute Gasteiger partial charge is 0.152 e. The summed E-state index contributed by atoms with van der Waals surface area (Å²) >= 11 is 0. The number of carbonyl (C=O) groups excluding carboxylic acids is 1. The van der Waals surface area contributed by atoms with E-state index in [4.69, 9.17) is 0 Å². The zero-order chi connectivity index (χ0) is 14.0. The Labute approximate surface area is 114 Å². The van der Waals surface area contributed by atoms with E-state index in [-0.39, 0.29) is 12.0 Å². The number of carbonyl (C=O) groups is 1. The Bertz CT molecular complexity index is 207. The van der Waals surface area contributed by atoms with Crippen LogP contribution >= 0.6 is 0 Å². The first-order chi connectivity index (χ1) is 8.65. The number of hydrogen-bond donors (Lipinski definition) is 1. The van der Waals surface area contributed by atoms with Gasteiger partial charge in [-0.15, -0.1) is 0 Å². The van der Waals surface area contributed by atoms with Crippen molar-refractivity contribution in [3.63, 3.8) is 0 Å². The molecule has 1 aliphatic rings. The maximum atomic E-state index is 11.9. The van der Waals surface area contributed by atoms with Gasteiger partial charge in [0.05, 0.1) is 6.04 Å². The van der Waals surface area contributed by atoms with Crippen molar-refractivity contribution in [2.24, 2.45) is 11.8 Å². The van der Waals surface area contributed by atoms with Crippen LogP contribution in [0.2, 0.25) is 0 Å². The Balaban J connectivity index is 0.00000137. The Hall–Kier alpha value is -0.370. The molecule has 0 bridgehead atoms. The van der Waals surface area contributed by atoms with Gasteiger partial charge in [-0.1, -0.05) is 59.8 Å². The van der Waals surface area contributed by atoms with Gasteiger partial charge in [-0.25, -0.2) is 0 Å². The van der Waals surface area contributed by atoms with Crippen molar-refractivity contribution in [2.75, 3.05) is 7.05 Å². The highest BCUT2D eigenvalue weighted by Gasteiger charge is 2.21. The van der Waals surface area contributed by atoms with Gasteiger partial charge in [0.25, 0.3) is 0 Å². The molecule has 1 atom stereocenters. The van der Waals surface area contributed by atoms with E-state index in [1.807, 2.05) is 34.7 Å². The third-order valence-corrected chi connectivity index (χ3v) is 3.85. The molecule has 1 rings (SSSR count). The van der Waals surface area contributed by atoms with Crippen LogP contribution in [0.5, 0.6) is 0 Å². The maximum Gasteiger partial charge on any atom is 0.152 e. The van der Waals surface area contributed by atoms with Crippen LogP contribution in [-0.2, 0) is 4.79 Å². The summed E-state index contributed by atoms with van der Waals surface area (Å²) in [6, 6.07) is 0.0851. The molecule has 0 spiro atoms. The fraction of sp³-hybridized carbons (Fsp3) is 0.938. The van der Waals surface area contributed by atoms with Gasteiger partial charge in [-0.05, 0) is 25.8 Å². The molecule has 1 fully saturated rings. The summed E-state index contributed by atoms with van der Waals surface area (Å²) in [5.41, 5.74) is 0. The van der Waals surface area contributed by atoms with Crippen LogP contribution in [0.3, 0.4) is 0 Å². The summed E-state index contributed by atoms with van der Waals surface area (Å²) in [6.45, 7) is 7.99. The summed E-state index contributed by atoms with van der Waals surface area (Å²) in [4.78, 5) is 11.9. The van der Waals surface area contributed by atoms with Gasteiger partial charge in [-0.3, -0.25) is 4.79 Å². The fourth-order valence-electron chi connectivity index (χ4n) is 2.71. The first kappa shape index (κ1) is 17.6. The third kappa shape index (κ3) is 6.53. The van der Waals surface area contributed by atoms with Crippen molar-refractivity contribution >= 4 is 5.78 Å². The standard InChI is InChI=1S/C14H27NO.C2H6/c1-11(2)14(16)13(15-3)10-9-12-7-5-4-6-8-12;1-2/h11-13,15H,4-10H2,1-3H3;1-2H3. The molecule has 1 aliphatic carbocycles. The summed E-state index contributed by atoms with van der Waals surface area (Å²) < 4.78 is 0. The fourth-order valence-corrected chi connectivity index (χ4v) is 2.71. The SMILES string of the molecule is CC.CNC(CCC1CCCCC1)C(=O)C(C)C. The van der Waals surface area contributed by atoms with Crippen molar-refractivity contribution in [2.45, 2.75) is 78.7 Å². The maximum absolute atomic E-state index is 11.9. The van der Waals surface area contributed by atoms with Crippen LogP contribution in [0.25, 0.3) is 0 Å². The van der Waals surface area contributed by atoms with Crippen molar-refractivity contribution in [1.82, 2.24) is 5.32 Å². The van der Waals surface area contributed by atoms with E-state index < -0.39 is 0 Å². The minimum absolute atomic E-state index is 0.0851. The molecule has 0 amide bonds. The molecule has 1 saturated carbocycles. The number of rotatable bonds is 6. The van der Waals surface area contributed by atoms with Crippen LogP contribution in [0.4, 0.5) is 0 Å². The molecular formula is C16H33NO.